The van der Waals surface area contributed by atoms with Crippen LogP contribution in [0.5, 0.6) is 0 Å². The Labute approximate surface area is 134 Å². The molecule has 2 heterocycles. The maximum Gasteiger partial charge on any atom is 0.245 e. The highest BCUT2D eigenvalue weighted by Crippen LogP contribution is 2.21. The lowest BCUT2D eigenvalue weighted by Gasteiger charge is -2.14. The smallest absolute Gasteiger partial charge is 0.245 e. The first-order valence-corrected chi connectivity index (χ1v) is 7.83. The van der Waals surface area contributed by atoms with E-state index in [1.165, 1.54) is 6.08 Å². The van der Waals surface area contributed by atoms with Crippen LogP contribution in [0.3, 0.4) is 0 Å². The predicted molar refractivity (Wildman–Crippen MR) is 87.8 cm³/mol. The molecule has 1 aromatic heterocycles. The Bertz CT molecular complexity index is 735. The monoisotopic (exact) mass is 312 g/mol. The van der Waals surface area contributed by atoms with Crippen LogP contribution in [0.2, 0.25) is 0 Å². The molecule has 1 aromatic carbocycles. The Morgan fingerprint density at radius 2 is 2.22 bits per heavy atom. The van der Waals surface area contributed by atoms with Crippen LogP contribution < -0.4 is 5.32 Å². The molecule has 1 saturated heterocycles. The van der Waals surface area contributed by atoms with Crippen molar-refractivity contribution < 1.29 is 14.0 Å². The van der Waals surface area contributed by atoms with Crippen LogP contribution in [-0.4, -0.2) is 36.3 Å². The second-order valence-corrected chi connectivity index (χ2v) is 5.77. The maximum absolute atomic E-state index is 12.2. The zero-order valence-corrected chi connectivity index (χ0v) is 13.0. The second-order valence-electron chi connectivity index (χ2n) is 5.77. The molecule has 5 heteroatoms. The van der Waals surface area contributed by atoms with Gasteiger partial charge in [-0.1, -0.05) is 24.8 Å². The Morgan fingerprint density at radius 1 is 1.39 bits per heavy atom. The number of nitrogens with zero attached hydrogens (tertiary/aromatic N) is 1. The van der Waals surface area contributed by atoms with Crippen LogP contribution >= 0.6 is 0 Å². The van der Waals surface area contributed by atoms with Crippen molar-refractivity contribution in [3.05, 3.63) is 48.7 Å². The summed E-state index contributed by atoms with van der Waals surface area (Å²) in [4.78, 5) is 25.4. The number of furan rings is 1. The van der Waals surface area contributed by atoms with E-state index in [0.717, 1.165) is 23.0 Å². The lowest BCUT2D eigenvalue weighted by Crippen LogP contribution is -2.35. The van der Waals surface area contributed by atoms with E-state index in [9.17, 15) is 9.59 Å². The molecule has 2 amide bonds. The highest BCUT2D eigenvalue weighted by atomic mass is 16.3. The van der Waals surface area contributed by atoms with Crippen LogP contribution in [0, 0.1) is 5.92 Å². The van der Waals surface area contributed by atoms with Gasteiger partial charge in [-0.3, -0.25) is 9.59 Å². The summed E-state index contributed by atoms with van der Waals surface area (Å²) in [6.45, 7) is 5.14. The number of nitrogens with one attached hydrogen (secondary N) is 1. The average molecular weight is 312 g/mol. The molecule has 1 N–H and O–H groups in total. The summed E-state index contributed by atoms with van der Waals surface area (Å²) in [5.74, 6) is -0.220. The van der Waals surface area contributed by atoms with Gasteiger partial charge in [0.2, 0.25) is 11.8 Å². The number of benzene rings is 1. The lowest BCUT2D eigenvalue weighted by molar-refractivity contribution is -0.126. The highest BCUT2D eigenvalue weighted by molar-refractivity contribution is 5.88. The zero-order valence-electron chi connectivity index (χ0n) is 13.0. The van der Waals surface area contributed by atoms with Crippen molar-refractivity contribution in [1.29, 1.82) is 0 Å². The van der Waals surface area contributed by atoms with E-state index < -0.39 is 0 Å². The van der Waals surface area contributed by atoms with Crippen molar-refractivity contribution in [2.45, 2.75) is 12.8 Å². The largest absolute Gasteiger partial charge is 0.464 e. The van der Waals surface area contributed by atoms with Gasteiger partial charge in [0.05, 0.1) is 12.2 Å². The SMILES string of the molecule is C=CC(=O)N1CC[C@@H](C(=O)NCCc2coc3ccccc23)C1. The van der Waals surface area contributed by atoms with Gasteiger partial charge in [0.15, 0.2) is 0 Å². The Balaban J connectivity index is 1.50. The minimum absolute atomic E-state index is 0.0113. The van der Waals surface area contributed by atoms with Gasteiger partial charge in [-0.25, -0.2) is 0 Å². The fraction of sp³-hybridized carbons (Fsp3) is 0.333. The Kier molecular flexibility index (Phi) is 4.46. The molecule has 23 heavy (non-hydrogen) atoms. The molecule has 0 radical (unpaired) electrons. The molecule has 1 fully saturated rings. The van der Waals surface area contributed by atoms with Gasteiger partial charge in [-0.15, -0.1) is 0 Å². The average Bonchev–Trinajstić information content (AvgIpc) is 3.21. The number of rotatable bonds is 5. The summed E-state index contributed by atoms with van der Waals surface area (Å²) in [7, 11) is 0. The number of amides is 2. The first kappa shape index (κ1) is 15.3. The van der Waals surface area contributed by atoms with Gasteiger partial charge < -0.3 is 14.6 Å². The van der Waals surface area contributed by atoms with Crippen LogP contribution in [0.4, 0.5) is 0 Å². The van der Waals surface area contributed by atoms with E-state index in [2.05, 4.69) is 11.9 Å². The Hall–Kier alpha value is -2.56. The van der Waals surface area contributed by atoms with E-state index >= 15 is 0 Å². The fourth-order valence-electron chi connectivity index (χ4n) is 2.99. The zero-order chi connectivity index (χ0) is 16.2. The number of fused-ring (bicyclic) bond motifs is 1. The molecule has 1 aliphatic heterocycles. The number of para-hydroxylation sites is 1. The van der Waals surface area contributed by atoms with E-state index in [0.29, 0.717) is 26.1 Å². The quantitative estimate of drug-likeness (QED) is 0.860. The van der Waals surface area contributed by atoms with Crippen LogP contribution in [0.1, 0.15) is 12.0 Å². The van der Waals surface area contributed by atoms with Gasteiger partial charge in [0.1, 0.15) is 5.58 Å². The minimum Gasteiger partial charge on any atom is -0.464 e. The summed E-state index contributed by atoms with van der Waals surface area (Å²) in [6.07, 6.45) is 4.48. The van der Waals surface area contributed by atoms with Crippen LogP contribution in [0.15, 0.2) is 47.6 Å². The molecule has 120 valence electrons. The lowest BCUT2D eigenvalue weighted by atomic mass is 10.1. The highest BCUT2D eigenvalue weighted by Gasteiger charge is 2.29. The maximum atomic E-state index is 12.2. The predicted octanol–water partition coefficient (Wildman–Crippen LogP) is 2.13. The topological polar surface area (TPSA) is 62.6 Å². The summed E-state index contributed by atoms with van der Waals surface area (Å²) in [5.41, 5.74) is 1.96. The molecule has 0 unspecified atom stereocenters. The van der Waals surface area contributed by atoms with E-state index in [4.69, 9.17) is 4.42 Å². The van der Waals surface area contributed by atoms with Crippen molar-refractivity contribution in [3.8, 4) is 0 Å². The summed E-state index contributed by atoms with van der Waals surface area (Å²) >= 11 is 0. The number of carbonyl (C=O) groups is 2. The normalized spacial score (nSPS) is 17.4. The third-order valence-corrected chi connectivity index (χ3v) is 4.30. The minimum atomic E-state index is -0.125. The van der Waals surface area contributed by atoms with Gasteiger partial charge in [0.25, 0.3) is 0 Å². The van der Waals surface area contributed by atoms with E-state index in [1.807, 2.05) is 24.3 Å². The first-order valence-electron chi connectivity index (χ1n) is 7.83. The molecular weight excluding hydrogens is 292 g/mol. The van der Waals surface area contributed by atoms with Crippen molar-refractivity contribution >= 4 is 22.8 Å². The molecule has 2 aromatic rings. The fourth-order valence-corrected chi connectivity index (χ4v) is 2.99. The molecule has 1 aliphatic rings. The number of likely N-dealkylation sites (tertiary alicyclic amines) is 1. The van der Waals surface area contributed by atoms with Crippen molar-refractivity contribution in [2.75, 3.05) is 19.6 Å². The van der Waals surface area contributed by atoms with E-state index in [-0.39, 0.29) is 17.7 Å². The number of carbonyl (C=O) groups excluding carboxylic acids is 2. The van der Waals surface area contributed by atoms with Gasteiger partial charge in [0, 0.05) is 25.0 Å². The molecule has 5 nitrogen and oxygen atoms in total. The number of hydrogen-bond donors (Lipinski definition) is 1. The standard InChI is InChI=1S/C18H20N2O3/c1-2-17(21)20-10-8-13(11-20)18(22)19-9-7-14-12-23-16-6-4-3-5-15(14)16/h2-6,12-13H,1,7-11H2,(H,19,22)/t13-/m1/s1. The van der Waals surface area contributed by atoms with E-state index in [1.54, 1.807) is 11.2 Å². The molecule has 1 atom stereocenters. The third kappa shape index (κ3) is 3.28. The summed E-state index contributed by atoms with van der Waals surface area (Å²) in [5, 5.41) is 4.05. The van der Waals surface area contributed by atoms with Gasteiger partial charge in [-0.2, -0.15) is 0 Å². The van der Waals surface area contributed by atoms with Crippen molar-refractivity contribution in [3.63, 3.8) is 0 Å². The molecule has 0 spiro atoms. The van der Waals surface area contributed by atoms with Crippen LogP contribution in [0.25, 0.3) is 11.0 Å². The first-order chi connectivity index (χ1) is 11.2. The molecule has 0 aliphatic carbocycles. The molecule has 0 bridgehead atoms. The van der Waals surface area contributed by atoms with Crippen molar-refractivity contribution in [2.24, 2.45) is 5.92 Å². The molecule has 0 saturated carbocycles. The van der Waals surface area contributed by atoms with Crippen LogP contribution in [-0.2, 0) is 16.0 Å². The summed E-state index contributed by atoms with van der Waals surface area (Å²) in [6, 6.07) is 7.87. The van der Waals surface area contributed by atoms with Crippen molar-refractivity contribution in [1.82, 2.24) is 10.2 Å². The van der Waals surface area contributed by atoms with Gasteiger partial charge in [-0.05, 0) is 30.5 Å². The Morgan fingerprint density at radius 3 is 3.04 bits per heavy atom. The molecule has 3 rings (SSSR count). The van der Waals surface area contributed by atoms with Gasteiger partial charge >= 0.3 is 0 Å². The second kappa shape index (κ2) is 6.69. The number of hydrogen-bond acceptors (Lipinski definition) is 3. The third-order valence-electron chi connectivity index (χ3n) is 4.30. The summed E-state index contributed by atoms with van der Waals surface area (Å²) < 4.78 is 5.49. The molecular formula is C18H20N2O3.